The van der Waals surface area contributed by atoms with E-state index in [-0.39, 0.29) is 17.0 Å². The van der Waals surface area contributed by atoms with E-state index >= 15 is 0 Å². The highest BCUT2D eigenvalue weighted by atomic mass is 16.3. The molecular weight excluding hydrogens is 384 g/mol. The van der Waals surface area contributed by atoms with Gasteiger partial charge in [0.15, 0.2) is 5.56 Å². The number of carbonyl (C=O) groups is 1. The van der Waals surface area contributed by atoms with Crippen LogP contribution in [0.25, 0.3) is 16.9 Å². The van der Waals surface area contributed by atoms with E-state index in [0.29, 0.717) is 29.3 Å². The molecule has 0 aromatic carbocycles. The van der Waals surface area contributed by atoms with Gasteiger partial charge in [-0.15, -0.1) is 0 Å². The lowest BCUT2D eigenvalue weighted by Crippen LogP contribution is -2.37. The van der Waals surface area contributed by atoms with Crippen molar-refractivity contribution in [3.8, 4) is 17.1 Å². The maximum absolute atomic E-state index is 13.3. The first kappa shape index (κ1) is 19.9. The number of nitrogens with two attached hydrogens (primary N) is 1. The zero-order valence-electron chi connectivity index (χ0n) is 17.6. The summed E-state index contributed by atoms with van der Waals surface area (Å²) in [5.74, 6) is -0.776. The summed E-state index contributed by atoms with van der Waals surface area (Å²) in [7, 11) is 0. The Morgan fingerprint density at radius 2 is 2.03 bits per heavy atom. The molecule has 3 heterocycles. The number of amides is 1. The van der Waals surface area contributed by atoms with E-state index in [1.807, 2.05) is 33.8 Å². The molecule has 1 aliphatic rings. The van der Waals surface area contributed by atoms with Gasteiger partial charge in [-0.05, 0) is 36.8 Å². The van der Waals surface area contributed by atoms with Gasteiger partial charge in [-0.3, -0.25) is 14.2 Å². The second-order valence-electron chi connectivity index (χ2n) is 9.14. The zero-order valence-corrected chi connectivity index (χ0v) is 17.6. The number of fused-ring (bicyclic) bond motifs is 1. The van der Waals surface area contributed by atoms with Crippen LogP contribution in [0.15, 0.2) is 23.1 Å². The van der Waals surface area contributed by atoms with Crippen LogP contribution >= 0.6 is 0 Å². The summed E-state index contributed by atoms with van der Waals surface area (Å²) >= 11 is 0. The van der Waals surface area contributed by atoms with Crippen LogP contribution in [0.3, 0.4) is 0 Å². The molecule has 9 heteroatoms. The first-order valence-electron chi connectivity index (χ1n) is 9.94. The van der Waals surface area contributed by atoms with Crippen LogP contribution in [0.5, 0.6) is 5.88 Å². The number of nitrogens with one attached hydrogen (secondary N) is 1. The Kier molecular flexibility index (Phi) is 4.56. The highest BCUT2D eigenvalue weighted by Gasteiger charge is 2.30. The van der Waals surface area contributed by atoms with Crippen molar-refractivity contribution < 1.29 is 9.90 Å². The lowest BCUT2D eigenvalue weighted by molar-refractivity contribution is 0.0944. The summed E-state index contributed by atoms with van der Waals surface area (Å²) in [5.41, 5.74) is 7.27. The number of pyridine rings is 1. The summed E-state index contributed by atoms with van der Waals surface area (Å²) in [6.07, 6.45) is 3.40. The maximum Gasteiger partial charge on any atom is 0.270 e. The lowest BCUT2D eigenvalue weighted by Gasteiger charge is -2.21. The van der Waals surface area contributed by atoms with Crippen LogP contribution in [-0.2, 0) is 6.54 Å². The minimum Gasteiger partial charge on any atom is -0.492 e. The number of hydrogen-bond acceptors (Lipinski definition) is 6. The molecule has 1 saturated carbocycles. The molecule has 4 N–H and O–H groups in total. The van der Waals surface area contributed by atoms with Gasteiger partial charge in [0.1, 0.15) is 11.5 Å². The first-order valence-corrected chi connectivity index (χ1v) is 9.94. The highest BCUT2D eigenvalue weighted by molar-refractivity contribution is 5.96. The molecule has 4 rings (SSSR count). The number of aryl methyl sites for hydroxylation is 1. The van der Waals surface area contributed by atoms with Gasteiger partial charge in [0.25, 0.3) is 11.5 Å². The van der Waals surface area contributed by atoms with Crippen LogP contribution in [0.1, 0.15) is 49.5 Å². The number of aromatic nitrogens is 4. The molecule has 30 heavy (non-hydrogen) atoms. The van der Waals surface area contributed by atoms with E-state index in [4.69, 9.17) is 5.73 Å². The van der Waals surface area contributed by atoms with Gasteiger partial charge in [-0.1, -0.05) is 20.8 Å². The Morgan fingerprint density at radius 3 is 2.67 bits per heavy atom. The molecule has 0 aliphatic heterocycles. The Balaban J connectivity index is 1.97. The normalized spacial score (nSPS) is 14.3. The van der Waals surface area contributed by atoms with E-state index < -0.39 is 17.3 Å². The molecule has 1 aliphatic carbocycles. The predicted molar refractivity (Wildman–Crippen MR) is 113 cm³/mol. The average Bonchev–Trinajstić information content (AvgIpc) is 3.34. The van der Waals surface area contributed by atoms with Crippen LogP contribution in [-0.4, -0.2) is 36.2 Å². The van der Waals surface area contributed by atoms with E-state index in [0.717, 1.165) is 18.4 Å². The number of hydrogen-bond donors (Lipinski definition) is 3. The fourth-order valence-corrected chi connectivity index (χ4v) is 3.39. The Labute approximate surface area is 173 Å². The number of nitrogen functional groups attached to an aromatic ring is 1. The van der Waals surface area contributed by atoms with Gasteiger partial charge in [0.2, 0.25) is 5.88 Å². The van der Waals surface area contributed by atoms with Gasteiger partial charge in [-0.2, -0.15) is 9.61 Å². The highest BCUT2D eigenvalue weighted by Crippen LogP contribution is 2.29. The maximum atomic E-state index is 13.3. The van der Waals surface area contributed by atoms with Gasteiger partial charge >= 0.3 is 0 Å². The van der Waals surface area contributed by atoms with Crippen LogP contribution in [0.2, 0.25) is 0 Å². The van der Waals surface area contributed by atoms with E-state index in [9.17, 15) is 14.7 Å². The number of rotatable bonds is 4. The molecule has 0 radical (unpaired) electrons. The van der Waals surface area contributed by atoms with Gasteiger partial charge in [-0.25, -0.2) is 4.98 Å². The first-order chi connectivity index (χ1) is 14.0. The third kappa shape index (κ3) is 3.62. The molecule has 9 nitrogen and oxygen atoms in total. The smallest absolute Gasteiger partial charge is 0.270 e. The third-order valence-corrected chi connectivity index (χ3v) is 4.95. The summed E-state index contributed by atoms with van der Waals surface area (Å²) in [6, 6.07) is 3.57. The number of carbonyl (C=O) groups excluding carboxylic acids is 1. The molecule has 0 atom stereocenters. The molecule has 0 spiro atoms. The summed E-state index contributed by atoms with van der Waals surface area (Å²) in [5, 5.41) is 18.1. The van der Waals surface area contributed by atoms with Crippen molar-refractivity contribution in [2.75, 3.05) is 5.73 Å². The fraction of sp³-hybridized carbons (Fsp3) is 0.429. The molecule has 0 unspecified atom stereocenters. The molecule has 158 valence electrons. The molecule has 0 bridgehead atoms. The average molecular weight is 410 g/mol. The van der Waals surface area contributed by atoms with Crippen molar-refractivity contribution in [1.29, 1.82) is 0 Å². The van der Waals surface area contributed by atoms with Crippen molar-refractivity contribution in [3.63, 3.8) is 0 Å². The molecule has 1 amide bonds. The molecule has 0 saturated heterocycles. The second kappa shape index (κ2) is 6.86. The summed E-state index contributed by atoms with van der Waals surface area (Å²) in [6.45, 7) is 8.20. The summed E-state index contributed by atoms with van der Waals surface area (Å²) < 4.78 is 2.71. The molecule has 3 aromatic rings. The van der Waals surface area contributed by atoms with E-state index in [1.165, 1.54) is 9.08 Å². The van der Waals surface area contributed by atoms with Gasteiger partial charge < -0.3 is 16.2 Å². The quantitative estimate of drug-likeness (QED) is 0.604. The molecular formula is C21H26N6O3. The number of anilines is 1. The molecule has 1 fully saturated rings. The zero-order chi connectivity index (χ0) is 21.8. The SMILES string of the molecule is Cc1cnc(N)c(-c2cc3n(CC(C)(C)C)c(=O)c(C(=O)NC4CC4)c(O)n3n2)c1. The monoisotopic (exact) mass is 410 g/mol. The van der Waals surface area contributed by atoms with Gasteiger partial charge in [0.05, 0.1) is 5.69 Å². The van der Waals surface area contributed by atoms with E-state index in [2.05, 4.69) is 15.4 Å². The Hall–Kier alpha value is -3.36. The lowest BCUT2D eigenvalue weighted by atomic mass is 9.97. The second-order valence-corrected chi connectivity index (χ2v) is 9.14. The topological polar surface area (TPSA) is 128 Å². The van der Waals surface area contributed by atoms with Crippen molar-refractivity contribution in [2.24, 2.45) is 5.41 Å². The summed E-state index contributed by atoms with van der Waals surface area (Å²) in [4.78, 5) is 30.1. The minimum absolute atomic E-state index is 0.0504. The largest absolute Gasteiger partial charge is 0.492 e. The predicted octanol–water partition coefficient (Wildman–Crippen LogP) is 2.09. The van der Waals surface area contributed by atoms with Crippen molar-refractivity contribution in [2.45, 2.75) is 53.1 Å². The minimum atomic E-state index is -0.585. The van der Waals surface area contributed by atoms with Gasteiger partial charge in [0, 0.05) is 30.4 Å². The Morgan fingerprint density at radius 1 is 1.33 bits per heavy atom. The number of nitrogens with zero attached hydrogens (tertiary/aromatic N) is 4. The number of aromatic hydroxyl groups is 1. The van der Waals surface area contributed by atoms with Crippen molar-refractivity contribution >= 4 is 17.4 Å². The fourth-order valence-electron chi connectivity index (χ4n) is 3.39. The van der Waals surface area contributed by atoms with Crippen LogP contribution in [0, 0.1) is 12.3 Å². The Bertz CT molecular complexity index is 1210. The van der Waals surface area contributed by atoms with Crippen LogP contribution < -0.4 is 16.6 Å². The van der Waals surface area contributed by atoms with Crippen molar-refractivity contribution in [3.05, 3.63) is 39.8 Å². The van der Waals surface area contributed by atoms with Crippen molar-refractivity contribution in [1.82, 2.24) is 24.5 Å². The standard InChI is InChI=1S/C21H26N6O3/c1-11-7-13(17(22)23-9-11)14-8-15-26(10-21(2,3)4)19(29)16(20(30)27(15)25-14)18(28)24-12-5-6-12/h7-9,12,30H,5-6,10H2,1-4H3,(H2,22,23)(H,24,28). The van der Waals surface area contributed by atoms with E-state index in [1.54, 1.807) is 12.3 Å². The van der Waals surface area contributed by atoms with Crippen LogP contribution in [0.4, 0.5) is 5.82 Å². The molecule has 3 aromatic heterocycles. The third-order valence-electron chi connectivity index (χ3n) is 4.95.